The first-order valence-electron chi connectivity index (χ1n) is 9.28. The van der Waals surface area contributed by atoms with Crippen LogP contribution >= 0.6 is 0 Å². The lowest BCUT2D eigenvalue weighted by atomic mass is 10.00. The van der Waals surface area contributed by atoms with Crippen LogP contribution in [0.1, 0.15) is 17.9 Å². The molecule has 10 nitrogen and oxygen atoms in total. The molecule has 1 fully saturated rings. The third-order valence-corrected chi connectivity index (χ3v) is 5.20. The number of hydrazine groups is 1. The van der Waals surface area contributed by atoms with Crippen molar-refractivity contribution in [2.75, 3.05) is 6.61 Å². The number of hydrazone groups is 1. The van der Waals surface area contributed by atoms with E-state index < -0.39 is 30.1 Å². The Labute approximate surface area is 172 Å². The molecule has 3 rings (SSSR count). The Morgan fingerprint density at radius 2 is 1.77 bits per heavy atom. The molecule has 2 aromatic carbocycles. The van der Waals surface area contributed by atoms with Crippen LogP contribution in [0.5, 0.6) is 0 Å². The lowest BCUT2D eigenvalue weighted by Gasteiger charge is -2.23. The summed E-state index contributed by atoms with van der Waals surface area (Å²) >= 11 is 0. The second-order valence-corrected chi connectivity index (χ2v) is 7.01. The third kappa shape index (κ3) is 4.25. The molecule has 9 N–H and O–H groups in total. The van der Waals surface area contributed by atoms with E-state index in [2.05, 4.69) is 21.2 Å². The van der Waals surface area contributed by atoms with Crippen molar-refractivity contribution < 1.29 is 19.8 Å². The highest BCUT2D eigenvalue weighted by Gasteiger charge is 2.62. The summed E-state index contributed by atoms with van der Waals surface area (Å²) in [6, 6.07) is 16.2. The first kappa shape index (κ1) is 21.2. The van der Waals surface area contributed by atoms with Gasteiger partial charge in [0.15, 0.2) is 0 Å². The highest BCUT2D eigenvalue weighted by Crippen LogP contribution is 2.52. The summed E-state index contributed by atoms with van der Waals surface area (Å²) in [5, 5.41) is 27.3. The van der Waals surface area contributed by atoms with Gasteiger partial charge in [-0.2, -0.15) is 0 Å². The maximum atomic E-state index is 12.9. The number of aliphatic hydroxyl groups excluding tert-OH is 1. The molecule has 3 atom stereocenters. The third-order valence-electron chi connectivity index (χ3n) is 5.20. The van der Waals surface area contributed by atoms with E-state index in [1.807, 2.05) is 54.6 Å². The molecule has 1 amide bonds. The van der Waals surface area contributed by atoms with E-state index in [0.29, 0.717) is 6.42 Å². The number of guanidine groups is 1. The van der Waals surface area contributed by atoms with Gasteiger partial charge in [-0.3, -0.25) is 25.6 Å². The van der Waals surface area contributed by atoms with Crippen LogP contribution < -0.4 is 27.7 Å². The number of nitrogens with zero attached hydrogens (tertiary/aromatic N) is 1. The number of aliphatic hydroxyl groups is 1. The van der Waals surface area contributed by atoms with Gasteiger partial charge in [-0.15, -0.1) is 5.10 Å². The summed E-state index contributed by atoms with van der Waals surface area (Å²) in [5.74, 6) is 8.13. The van der Waals surface area contributed by atoms with Gasteiger partial charge in [0, 0.05) is 5.92 Å². The van der Waals surface area contributed by atoms with Gasteiger partial charge in [0.05, 0.1) is 6.61 Å². The van der Waals surface area contributed by atoms with Gasteiger partial charge in [-0.05, 0) is 23.1 Å². The van der Waals surface area contributed by atoms with Gasteiger partial charge in [-0.25, -0.2) is 5.84 Å². The largest absolute Gasteiger partial charge is 0.480 e. The maximum absolute atomic E-state index is 12.9. The van der Waals surface area contributed by atoms with Crippen LogP contribution in [-0.2, 0) is 9.59 Å². The first-order chi connectivity index (χ1) is 14.4. The molecule has 1 saturated carbocycles. The summed E-state index contributed by atoms with van der Waals surface area (Å²) in [5.41, 5.74) is 3.83. The average Bonchev–Trinajstić information content (AvgIpc) is 3.51. The highest BCUT2D eigenvalue weighted by molar-refractivity contribution is 6.04. The second kappa shape index (κ2) is 8.91. The van der Waals surface area contributed by atoms with E-state index in [0.717, 1.165) is 16.7 Å². The monoisotopic (exact) mass is 412 g/mol. The molecule has 0 aliphatic heterocycles. The van der Waals surface area contributed by atoms with Crippen LogP contribution in [0.4, 0.5) is 0 Å². The summed E-state index contributed by atoms with van der Waals surface area (Å²) in [6.45, 7) is -0.670. The van der Waals surface area contributed by atoms with Gasteiger partial charge >= 0.3 is 5.97 Å². The molecule has 10 heteroatoms. The lowest BCUT2D eigenvalue weighted by Crippen LogP contribution is -2.58. The van der Waals surface area contributed by atoms with E-state index >= 15 is 0 Å². The predicted molar refractivity (Wildman–Crippen MR) is 111 cm³/mol. The number of carboxylic acid groups (broad SMARTS) is 1. The minimum absolute atomic E-state index is 0.165. The fourth-order valence-corrected chi connectivity index (χ4v) is 3.50. The zero-order chi connectivity index (χ0) is 21.7. The smallest absolute Gasteiger partial charge is 0.323 e. The molecule has 158 valence electrons. The minimum Gasteiger partial charge on any atom is -0.480 e. The Morgan fingerprint density at radius 1 is 1.13 bits per heavy atom. The van der Waals surface area contributed by atoms with E-state index in [9.17, 15) is 19.8 Å². The zero-order valence-corrected chi connectivity index (χ0v) is 16.1. The van der Waals surface area contributed by atoms with Crippen LogP contribution in [0.2, 0.25) is 0 Å². The topological polar surface area (TPSA) is 175 Å². The molecule has 0 bridgehead atoms. The van der Waals surface area contributed by atoms with Crippen molar-refractivity contribution in [2.24, 2.45) is 16.8 Å². The number of carbonyl (C=O) groups is 2. The van der Waals surface area contributed by atoms with Crippen molar-refractivity contribution >= 4 is 17.8 Å². The van der Waals surface area contributed by atoms with Crippen LogP contribution in [0, 0.1) is 0 Å². The summed E-state index contributed by atoms with van der Waals surface area (Å²) < 4.78 is 0. The Hall–Kier alpha value is -3.47. The molecule has 0 spiro atoms. The molecular weight excluding hydrogens is 388 g/mol. The van der Waals surface area contributed by atoms with Gasteiger partial charge in [-0.1, -0.05) is 54.6 Å². The van der Waals surface area contributed by atoms with Crippen molar-refractivity contribution in [3.8, 4) is 11.1 Å². The van der Waals surface area contributed by atoms with Gasteiger partial charge < -0.3 is 16.1 Å². The molecule has 1 aliphatic rings. The number of aliphatic carboxylic acids is 1. The Bertz CT molecular complexity index is 934. The number of carboxylic acids is 1. The zero-order valence-electron chi connectivity index (χ0n) is 16.1. The maximum Gasteiger partial charge on any atom is 0.323 e. The molecule has 0 saturated heterocycles. The van der Waals surface area contributed by atoms with Gasteiger partial charge in [0.25, 0.3) is 0 Å². The normalized spacial score (nSPS) is 21.5. The molecule has 1 unspecified atom stereocenters. The highest BCUT2D eigenvalue weighted by atomic mass is 16.4. The molecule has 1 aliphatic carbocycles. The van der Waals surface area contributed by atoms with Crippen molar-refractivity contribution in [1.29, 1.82) is 0 Å². The molecule has 30 heavy (non-hydrogen) atoms. The SMILES string of the molecule is N/N=C(\NN)NC(=O)C1(N[C@@H](CO)C(=O)O)C[C@H]1c1ccc(-c2ccccc2)cc1. The number of carbonyl (C=O) groups excluding carboxylic acids is 1. The van der Waals surface area contributed by atoms with Crippen molar-refractivity contribution in [2.45, 2.75) is 23.9 Å². The number of hydrogen-bond donors (Lipinski definition) is 7. The predicted octanol–water partition coefficient (Wildman–Crippen LogP) is -0.576. The Balaban J connectivity index is 1.86. The fourth-order valence-electron chi connectivity index (χ4n) is 3.50. The summed E-state index contributed by atoms with van der Waals surface area (Å²) in [6.07, 6.45) is 0.329. The number of hydrogen-bond acceptors (Lipinski definition) is 7. The van der Waals surface area contributed by atoms with Crippen molar-refractivity contribution in [3.05, 3.63) is 60.2 Å². The number of benzene rings is 2. The van der Waals surface area contributed by atoms with Crippen LogP contribution in [0.25, 0.3) is 11.1 Å². The Kier molecular flexibility index (Phi) is 6.31. The summed E-state index contributed by atoms with van der Waals surface area (Å²) in [7, 11) is 0. The molecule has 0 aromatic heterocycles. The van der Waals surface area contributed by atoms with Gasteiger partial charge in [0.2, 0.25) is 11.9 Å². The fraction of sp³-hybridized carbons (Fsp3) is 0.250. The number of amides is 1. The van der Waals surface area contributed by atoms with E-state index in [1.165, 1.54) is 0 Å². The number of nitrogens with two attached hydrogens (primary N) is 2. The number of nitrogens with one attached hydrogen (secondary N) is 3. The molecule has 0 heterocycles. The molecule has 0 radical (unpaired) electrons. The average molecular weight is 412 g/mol. The van der Waals surface area contributed by atoms with E-state index in [4.69, 9.17) is 11.7 Å². The standard InChI is InChI=1S/C20H24N6O4/c21-25-19(26-22)23-18(30)20(24-16(11-27)17(28)29)10-15(20)14-8-6-13(7-9-14)12-4-2-1-3-5-12/h1-9,15-16,24,27H,10-11,21-22H2,(H,28,29)(H2,23,25,26,30)/t15-,16-,20?/m0/s1. The molecular formula is C20H24N6O4. The second-order valence-electron chi connectivity index (χ2n) is 7.01. The first-order valence-corrected chi connectivity index (χ1v) is 9.28. The van der Waals surface area contributed by atoms with Crippen molar-refractivity contribution in [3.63, 3.8) is 0 Å². The lowest BCUT2D eigenvalue weighted by molar-refractivity contribution is -0.141. The van der Waals surface area contributed by atoms with Crippen LogP contribution in [0.3, 0.4) is 0 Å². The quantitative estimate of drug-likeness (QED) is 0.137. The van der Waals surface area contributed by atoms with Crippen LogP contribution in [-0.4, -0.2) is 46.2 Å². The van der Waals surface area contributed by atoms with Crippen molar-refractivity contribution in [1.82, 2.24) is 16.1 Å². The Morgan fingerprint density at radius 3 is 2.30 bits per heavy atom. The minimum atomic E-state index is -1.31. The van der Waals surface area contributed by atoms with E-state index in [1.54, 1.807) is 0 Å². The van der Waals surface area contributed by atoms with E-state index in [-0.39, 0.29) is 11.9 Å². The molecule has 2 aromatic rings. The number of rotatable bonds is 7. The van der Waals surface area contributed by atoms with Crippen LogP contribution in [0.15, 0.2) is 59.7 Å². The van der Waals surface area contributed by atoms with Gasteiger partial charge in [0.1, 0.15) is 11.6 Å². The summed E-state index contributed by atoms with van der Waals surface area (Å²) in [4.78, 5) is 24.3.